The smallest absolute Gasteiger partial charge is 0.242 e. The Morgan fingerprint density at radius 3 is 3.15 bits per heavy atom. The summed E-state index contributed by atoms with van der Waals surface area (Å²) in [5.41, 5.74) is 0.683. The van der Waals surface area contributed by atoms with E-state index >= 15 is 0 Å². The number of carbonyl (C=O) groups excluding carboxylic acids is 1. The summed E-state index contributed by atoms with van der Waals surface area (Å²) in [7, 11) is 0. The molecule has 2 N–H and O–H groups in total. The van der Waals surface area contributed by atoms with Crippen molar-refractivity contribution in [3.8, 4) is 5.69 Å². The van der Waals surface area contributed by atoms with Gasteiger partial charge in [0.1, 0.15) is 12.1 Å². The second-order valence-electron chi connectivity index (χ2n) is 4.18. The van der Waals surface area contributed by atoms with Crippen LogP contribution in [0.1, 0.15) is 0 Å². The van der Waals surface area contributed by atoms with E-state index in [1.54, 1.807) is 11.8 Å². The molecule has 9 heteroatoms. The molecule has 1 aliphatic heterocycles. The number of nitrogens with one attached hydrogen (secondary N) is 2. The molecular formula is C11H11FN6OS. The van der Waals surface area contributed by atoms with Gasteiger partial charge in [-0.25, -0.2) is 9.07 Å². The first-order valence-corrected chi connectivity index (χ1v) is 7.04. The first-order chi connectivity index (χ1) is 9.74. The molecule has 1 atom stereocenters. The third-order valence-corrected chi connectivity index (χ3v) is 3.79. The standard InChI is InChI=1S/C11H11FN6OS/c12-8-2-1-7(18-5-14-16-17-18)3-9(8)15-11(19)10-4-20-6-13-10/h1-3,5,10,13H,4,6H2,(H,15,19). The average Bonchev–Trinajstić information content (AvgIpc) is 3.14. The van der Waals surface area contributed by atoms with Crippen LogP contribution in [0, 0.1) is 5.82 Å². The summed E-state index contributed by atoms with van der Waals surface area (Å²) in [6.45, 7) is 0. The molecular weight excluding hydrogens is 283 g/mol. The zero-order valence-electron chi connectivity index (χ0n) is 10.3. The molecule has 7 nitrogen and oxygen atoms in total. The number of aromatic nitrogens is 4. The van der Waals surface area contributed by atoms with Gasteiger partial charge in [-0.1, -0.05) is 0 Å². The Labute approximate surface area is 117 Å². The van der Waals surface area contributed by atoms with Crippen LogP contribution in [-0.2, 0) is 4.79 Å². The van der Waals surface area contributed by atoms with Gasteiger partial charge in [-0.05, 0) is 28.6 Å². The van der Waals surface area contributed by atoms with Crippen LogP contribution in [0.2, 0.25) is 0 Å². The van der Waals surface area contributed by atoms with Crippen molar-refractivity contribution in [1.29, 1.82) is 0 Å². The molecule has 3 rings (SSSR count). The van der Waals surface area contributed by atoms with Crippen molar-refractivity contribution < 1.29 is 9.18 Å². The Balaban J connectivity index is 1.81. The fourth-order valence-corrected chi connectivity index (χ4v) is 2.76. The van der Waals surface area contributed by atoms with E-state index in [0.717, 1.165) is 5.88 Å². The highest BCUT2D eigenvalue weighted by Gasteiger charge is 2.23. The van der Waals surface area contributed by atoms with Gasteiger partial charge in [-0.2, -0.15) is 0 Å². The van der Waals surface area contributed by atoms with Crippen LogP contribution in [0.5, 0.6) is 0 Å². The van der Waals surface area contributed by atoms with Gasteiger partial charge in [0.05, 0.1) is 17.4 Å². The highest BCUT2D eigenvalue weighted by atomic mass is 32.2. The van der Waals surface area contributed by atoms with Crippen LogP contribution in [-0.4, -0.2) is 43.8 Å². The third kappa shape index (κ3) is 2.63. The lowest BCUT2D eigenvalue weighted by atomic mass is 10.2. The first kappa shape index (κ1) is 13.0. The fourth-order valence-electron chi connectivity index (χ4n) is 1.81. The summed E-state index contributed by atoms with van der Waals surface area (Å²) in [5.74, 6) is 0.661. The Morgan fingerprint density at radius 1 is 1.55 bits per heavy atom. The minimum absolute atomic E-state index is 0.113. The number of thioether (sulfide) groups is 1. The van der Waals surface area contributed by atoms with Crippen molar-refractivity contribution in [2.24, 2.45) is 0 Å². The molecule has 2 heterocycles. The maximum absolute atomic E-state index is 13.8. The summed E-state index contributed by atoms with van der Waals surface area (Å²) in [5, 5.41) is 16.4. The quantitative estimate of drug-likeness (QED) is 0.852. The summed E-state index contributed by atoms with van der Waals surface area (Å²) >= 11 is 1.63. The molecule has 0 saturated carbocycles. The molecule has 1 aromatic heterocycles. The van der Waals surface area contributed by atoms with E-state index in [9.17, 15) is 9.18 Å². The Hall–Kier alpha value is -2.00. The summed E-state index contributed by atoms with van der Waals surface area (Å²) in [6.07, 6.45) is 1.40. The number of rotatable bonds is 3. The molecule has 0 bridgehead atoms. The zero-order chi connectivity index (χ0) is 13.9. The van der Waals surface area contributed by atoms with Gasteiger partial charge in [0.25, 0.3) is 0 Å². The van der Waals surface area contributed by atoms with E-state index in [-0.39, 0.29) is 17.6 Å². The molecule has 1 unspecified atom stereocenters. The molecule has 0 spiro atoms. The van der Waals surface area contributed by atoms with Crippen molar-refractivity contribution >= 4 is 23.4 Å². The molecule has 1 aromatic carbocycles. The third-order valence-electron chi connectivity index (χ3n) is 2.85. The average molecular weight is 294 g/mol. The van der Waals surface area contributed by atoms with Crippen molar-refractivity contribution in [2.75, 3.05) is 16.9 Å². The number of amides is 1. The van der Waals surface area contributed by atoms with Crippen LogP contribution in [0.3, 0.4) is 0 Å². The van der Waals surface area contributed by atoms with Crippen molar-refractivity contribution in [1.82, 2.24) is 25.5 Å². The SMILES string of the molecule is O=C(Nc1cc(-n2cnnn2)ccc1F)C1CSCN1. The predicted molar refractivity (Wildman–Crippen MR) is 72.0 cm³/mol. The highest BCUT2D eigenvalue weighted by molar-refractivity contribution is 7.99. The minimum Gasteiger partial charge on any atom is -0.322 e. The molecule has 20 heavy (non-hydrogen) atoms. The number of halogens is 1. The second-order valence-corrected chi connectivity index (χ2v) is 5.21. The number of carbonyl (C=O) groups is 1. The van der Waals surface area contributed by atoms with E-state index in [1.165, 1.54) is 29.2 Å². The largest absolute Gasteiger partial charge is 0.322 e. The fraction of sp³-hybridized carbons (Fsp3) is 0.273. The normalized spacial score (nSPS) is 18.1. The molecule has 1 amide bonds. The van der Waals surface area contributed by atoms with Crippen molar-refractivity contribution in [3.63, 3.8) is 0 Å². The topological polar surface area (TPSA) is 84.7 Å². The number of hydrogen-bond acceptors (Lipinski definition) is 6. The van der Waals surface area contributed by atoms with Gasteiger partial charge < -0.3 is 5.32 Å². The van der Waals surface area contributed by atoms with Gasteiger partial charge in [0.2, 0.25) is 5.91 Å². The maximum Gasteiger partial charge on any atom is 0.242 e. The molecule has 2 aromatic rings. The Morgan fingerprint density at radius 2 is 2.45 bits per heavy atom. The predicted octanol–water partition coefficient (Wildman–Crippen LogP) is 0.402. The van der Waals surface area contributed by atoms with E-state index in [4.69, 9.17) is 0 Å². The van der Waals surface area contributed by atoms with Gasteiger partial charge >= 0.3 is 0 Å². The molecule has 1 fully saturated rings. The lowest BCUT2D eigenvalue weighted by Crippen LogP contribution is -2.37. The number of benzene rings is 1. The molecule has 1 saturated heterocycles. The summed E-state index contributed by atoms with van der Waals surface area (Å²) in [4.78, 5) is 12.0. The van der Waals surface area contributed by atoms with Crippen LogP contribution in [0.25, 0.3) is 5.69 Å². The summed E-state index contributed by atoms with van der Waals surface area (Å²) in [6, 6.07) is 4.00. The summed E-state index contributed by atoms with van der Waals surface area (Å²) < 4.78 is 15.1. The van der Waals surface area contributed by atoms with Crippen molar-refractivity contribution in [2.45, 2.75) is 6.04 Å². The monoisotopic (exact) mass is 294 g/mol. The maximum atomic E-state index is 13.8. The van der Waals surface area contributed by atoms with Crippen LogP contribution < -0.4 is 10.6 Å². The van der Waals surface area contributed by atoms with Crippen LogP contribution >= 0.6 is 11.8 Å². The van der Waals surface area contributed by atoms with Gasteiger partial charge in [0, 0.05) is 11.6 Å². The Bertz CT molecular complexity index is 613. The molecule has 0 radical (unpaired) electrons. The second kappa shape index (κ2) is 5.55. The van der Waals surface area contributed by atoms with Gasteiger partial charge in [-0.15, -0.1) is 16.9 Å². The first-order valence-electron chi connectivity index (χ1n) is 5.89. The molecule has 0 aliphatic carbocycles. The zero-order valence-corrected chi connectivity index (χ0v) is 11.1. The lowest BCUT2D eigenvalue weighted by Gasteiger charge is -2.12. The minimum atomic E-state index is -0.499. The molecule has 104 valence electrons. The van der Waals surface area contributed by atoms with Gasteiger partial charge in [-0.3, -0.25) is 10.1 Å². The number of tetrazole rings is 1. The van der Waals surface area contributed by atoms with Gasteiger partial charge in [0.15, 0.2) is 0 Å². The highest BCUT2D eigenvalue weighted by Crippen LogP contribution is 2.19. The lowest BCUT2D eigenvalue weighted by molar-refractivity contribution is -0.117. The van der Waals surface area contributed by atoms with Crippen molar-refractivity contribution in [3.05, 3.63) is 30.3 Å². The number of nitrogens with zero attached hydrogens (tertiary/aromatic N) is 4. The van der Waals surface area contributed by atoms with E-state index in [0.29, 0.717) is 11.4 Å². The van der Waals surface area contributed by atoms with Crippen LogP contribution in [0.4, 0.5) is 10.1 Å². The number of anilines is 1. The van der Waals surface area contributed by atoms with E-state index in [1.807, 2.05) is 0 Å². The van der Waals surface area contributed by atoms with E-state index in [2.05, 4.69) is 26.2 Å². The Kier molecular flexibility index (Phi) is 3.61. The van der Waals surface area contributed by atoms with E-state index < -0.39 is 5.82 Å². The number of hydrogen-bond donors (Lipinski definition) is 2. The van der Waals surface area contributed by atoms with Crippen LogP contribution in [0.15, 0.2) is 24.5 Å². The molecule has 1 aliphatic rings.